The molecule has 2 rings (SSSR count). The van der Waals surface area contributed by atoms with Gasteiger partial charge in [-0.25, -0.2) is 8.78 Å². The highest BCUT2D eigenvalue weighted by Crippen LogP contribution is 2.25. The number of hydrogen-bond donors (Lipinski definition) is 1. The average molecular weight is 248 g/mol. The van der Waals surface area contributed by atoms with Gasteiger partial charge in [-0.3, -0.25) is 0 Å². The minimum absolute atomic E-state index is 0.273. The fourth-order valence-corrected chi connectivity index (χ4v) is 2.01. The van der Waals surface area contributed by atoms with E-state index < -0.39 is 11.9 Å². The van der Waals surface area contributed by atoms with E-state index in [9.17, 15) is 13.9 Å². The summed E-state index contributed by atoms with van der Waals surface area (Å²) in [5.41, 5.74) is 1.97. The lowest BCUT2D eigenvalue weighted by molar-refractivity contribution is 0.219. The molecule has 0 fully saturated rings. The zero-order chi connectivity index (χ0) is 13.3. The standard InChI is InChI=1S/C15H14F2O/c1-9-6-12(7-10(2)14(9)17)15(18)11-4-3-5-13(16)8-11/h3-8,15,18H,1-2H3. The first-order valence-electron chi connectivity index (χ1n) is 5.69. The Kier molecular flexibility index (Phi) is 3.43. The molecule has 0 aliphatic heterocycles. The molecule has 3 heteroatoms. The van der Waals surface area contributed by atoms with E-state index in [1.54, 1.807) is 32.0 Å². The molecule has 0 spiro atoms. The number of aryl methyl sites for hydroxylation is 2. The molecule has 0 bridgehead atoms. The summed E-state index contributed by atoms with van der Waals surface area (Å²) in [6.45, 7) is 3.29. The maximum atomic E-state index is 13.5. The lowest BCUT2D eigenvalue weighted by Gasteiger charge is -2.14. The van der Waals surface area contributed by atoms with Crippen molar-refractivity contribution in [3.8, 4) is 0 Å². The van der Waals surface area contributed by atoms with Crippen molar-refractivity contribution in [3.63, 3.8) is 0 Å². The summed E-state index contributed by atoms with van der Waals surface area (Å²) < 4.78 is 26.6. The Bertz CT molecular complexity index is 555. The summed E-state index contributed by atoms with van der Waals surface area (Å²) in [6.07, 6.45) is -0.946. The van der Waals surface area contributed by atoms with Gasteiger partial charge in [-0.2, -0.15) is 0 Å². The molecule has 2 aromatic carbocycles. The number of aliphatic hydroxyl groups excluding tert-OH is 1. The van der Waals surface area contributed by atoms with Crippen LogP contribution in [0, 0.1) is 25.5 Å². The van der Waals surface area contributed by atoms with E-state index in [1.165, 1.54) is 18.2 Å². The Balaban J connectivity index is 2.43. The maximum absolute atomic E-state index is 13.5. The van der Waals surface area contributed by atoms with Crippen molar-refractivity contribution in [2.45, 2.75) is 20.0 Å². The van der Waals surface area contributed by atoms with Crippen molar-refractivity contribution in [1.29, 1.82) is 0 Å². The summed E-state index contributed by atoms with van der Waals surface area (Å²) in [5.74, 6) is -0.674. The molecule has 1 atom stereocenters. The fraction of sp³-hybridized carbons (Fsp3) is 0.200. The summed E-state index contributed by atoms with van der Waals surface area (Å²) in [6, 6.07) is 8.94. The lowest BCUT2D eigenvalue weighted by Crippen LogP contribution is -2.02. The Hall–Kier alpha value is -1.74. The van der Waals surface area contributed by atoms with E-state index in [4.69, 9.17) is 0 Å². The highest BCUT2D eigenvalue weighted by Gasteiger charge is 2.14. The van der Waals surface area contributed by atoms with Gasteiger partial charge >= 0.3 is 0 Å². The van der Waals surface area contributed by atoms with Gasteiger partial charge < -0.3 is 5.11 Å². The van der Waals surface area contributed by atoms with Gasteiger partial charge in [0, 0.05) is 0 Å². The quantitative estimate of drug-likeness (QED) is 0.859. The van der Waals surface area contributed by atoms with Gasteiger partial charge in [-0.15, -0.1) is 0 Å². The molecule has 94 valence electrons. The van der Waals surface area contributed by atoms with Crippen LogP contribution in [0.15, 0.2) is 36.4 Å². The third-order valence-electron chi connectivity index (χ3n) is 2.94. The third kappa shape index (κ3) is 2.41. The maximum Gasteiger partial charge on any atom is 0.129 e. The van der Waals surface area contributed by atoms with E-state index >= 15 is 0 Å². The molecule has 0 saturated carbocycles. The molecule has 0 saturated heterocycles. The van der Waals surface area contributed by atoms with Crippen LogP contribution in [-0.2, 0) is 0 Å². The topological polar surface area (TPSA) is 20.2 Å². The van der Waals surface area contributed by atoms with Crippen molar-refractivity contribution < 1.29 is 13.9 Å². The van der Waals surface area contributed by atoms with Gasteiger partial charge in [-0.05, 0) is 48.2 Å². The van der Waals surface area contributed by atoms with Crippen LogP contribution in [0.1, 0.15) is 28.4 Å². The van der Waals surface area contributed by atoms with Crippen molar-refractivity contribution in [2.24, 2.45) is 0 Å². The van der Waals surface area contributed by atoms with Gasteiger partial charge in [0.25, 0.3) is 0 Å². The second kappa shape index (κ2) is 4.86. The first-order valence-corrected chi connectivity index (χ1v) is 5.69. The van der Waals surface area contributed by atoms with E-state index in [-0.39, 0.29) is 5.82 Å². The van der Waals surface area contributed by atoms with Crippen LogP contribution in [0.25, 0.3) is 0 Å². The van der Waals surface area contributed by atoms with Crippen LogP contribution in [0.3, 0.4) is 0 Å². The average Bonchev–Trinajstić information content (AvgIpc) is 2.34. The number of benzene rings is 2. The number of hydrogen-bond acceptors (Lipinski definition) is 1. The molecule has 0 heterocycles. The van der Waals surface area contributed by atoms with Crippen LogP contribution in [-0.4, -0.2) is 5.11 Å². The normalized spacial score (nSPS) is 12.5. The van der Waals surface area contributed by atoms with Crippen LogP contribution >= 0.6 is 0 Å². The fourth-order valence-electron chi connectivity index (χ4n) is 2.01. The molecule has 0 aliphatic carbocycles. The SMILES string of the molecule is Cc1cc(C(O)c2cccc(F)c2)cc(C)c1F. The van der Waals surface area contributed by atoms with Crippen molar-refractivity contribution >= 4 is 0 Å². The number of rotatable bonds is 2. The Morgan fingerprint density at radius 3 is 2.11 bits per heavy atom. The molecule has 1 nitrogen and oxygen atoms in total. The highest BCUT2D eigenvalue weighted by molar-refractivity contribution is 5.36. The molecule has 0 aliphatic rings. The van der Waals surface area contributed by atoms with E-state index in [0.29, 0.717) is 22.3 Å². The number of aliphatic hydroxyl groups is 1. The van der Waals surface area contributed by atoms with Crippen molar-refractivity contribution in [3.05, 3.63) is 70.3 Å². The molecule has 18 heavy (non-hydrogen) atoms. The third-order valence-corrected chi connectivity index (χ3v) is 2.94. The summed E-state index contributed by atoms with van der Waals surface area (Å²) in [5, 5.41) is 10.2. The Morgan fingerprint density at radius 1 is 0.944 bits per heavy atom. The molecular weight excluding hydrogens is 234 g/mol. The summed E-state index contributed by atoms with van der Waals surface area (Å²) >= 11 is 0. The van der Waals surface area contributed by atoms with Gasteiger partial charge in [0.05, 0.1) is 0 Å². The summed E-state index contributed by atoms with van der Waals surface area (Å²) in [7, 11) is 0. The molecule has 0 amide bonds. The molecule has 1 N–H and O–H groups in total. The first-order chi connectivity index (χ1) is 8.49. The zero-order valence-electron chi connectivity index (χ0n) is 10.2. The second-order valence-corrected chi connectivity index (χ2v) is 4.43. The molecule has 0 aromatic heterocycles. The van der Waals surface area contributed by atoms with Gasteiger partial charge in [0.15, 0.2) is 0 Å². The Labute approximate surface area is 105 Å². The zero-order valence-corrected chi connectivity index (χ0v) is 10.2. The predicted octanol–water partition coefficient (Wildman–Crippen LogP) is 3.66. The monoisotopic (exact) mass is 248 g/mol. The number of halogens is 2. The van der Waals surface area contributed by atoms with Crippen molar-refractivity contribution in [2.75, 3.05) is 0 Å². The van der Waals surface area contributed by atoms with Crippen molar-refractivity contribution in [1.82, 2.24) is 0 Å². The highest BCUT2D eigenvalue weighted by atomic mass is 19.1. The summed E-state index contributed by atoms with van der Waals surface area (Å²) in [4.78, 5) is 0. The predicted molar refractivity (Wildman–Crippen MR) is 66.3 cm³/mol. The van der Waals surface area contributed by atoms with E-state index in [0.717, 1.165) is 0 Å². The van der Waals surface area contributed by atoms with Crippen LogP contribution < -0.4 is 0 Å². The van der Waals surface area contributed by atoms with Gasteiger partial charge in [-0.1, -0.05) is 24.3 Å². The second-order valence-electron chi connectivity index (χ2n) is 4.43. The van der Waals surface area contributed by atoms with Crippen LogP contribution in [0.2, 0.25) is 0 Å². The molecular formula is C15H14F2O. The van der Waals surface area contributed by atoms with E-state index in [1.807, 2.05) is 0 Å². The first kappa shape index (κ1) is 12.7. The van der Waals surface area contributed by atoms with Crippen LogP contribution in [0.5, 0.6) is 0 Å². The molecule has 1 unspecified atom stereocenters. The minimum atomic E-state index is -0.946. The molecule has 0 radical (unpaired) electrons. The van der Waals surface area contributed by atoms with Gasteiger partial charge in [0.1, 0.15) is 17.7 Å². The van der Waals surface area contributed by atoms with E-state index in [2.05, 4.69) is 0 Å². The largest absolute Gasteiger partial charge is 0.384 e. The smallest absolute Gasteiger partial charge is 0.129 e. The molecule has 2 aromatic rings. The minimum Gasteiger partial charge on any atom is -0.384 e. The lowest BCUT2D eigenvalue weighted by atomic mass is 9.97. The van der Waals surface area contributed by atoms with Gasteiger partial charge in [0.2, 0.25) is 0 Å². The van der Waals surface area contributed by atoms with Crippen LogP contribution in [0.4, 0.5) is 8.78 Å². The Morgan fingerprint density at radius 2 is 1.56 bits per heavy atom.